The molecule has 1 aliphatic rings. The fraction of sp³-hybridized carbons (Fsp3) is 0.261. The molecule has 150 valence electrons. The fourth-order valence-corrected chi connectivity index (χ4v) is 4.51. The molecular formula is C23H26N4OS. The van der Waals surface area contributed by atoms with Crippen molar-refractivity contribution < 1.29 is 4.74 Å². The maximum atomic E-state index is 5.18. The summed E-state index contributed by atoms with van der Waals surface area (Å²) in [6, 6.07) is 19.3. The predicted molar refractivity (Wildman–Crippen MR) is 124 cm³/mol. The van der Waals surface area contributed by atoms with Crippen LogP contribution in [0.1, 0.15) is 19.4 Å². The smallest absolute Gasteiger partial charge is 0.180 e. The van der Waals surface area contributed by atoms with Crippen LogP contribution < -0.4 is 10.9 Å². The lowest BCUT2D eigenvalue weighted by atomic mass is 10.0. The quantitative estimate of drug-likeness (QED) is 0.614. The van der Waals surface area contributed by atoms with Crippen LogP contribution in [-0.4, -0.2) is 29.5 Å². The molecule has 0 fully saturated rings. The monoisotopic (exact) mass is 406 g/mol. The number of benzene rings is 2. The zero-order valence-corrected chi connectivity index (χ0v) is 17.8. The highest BCUT2D eigenvalue weighted by Gasteiger charge is 2.22. The van der Waals surface area contributed by atoms with Crippen LogP contribution in [0.25, 0.3) is 27.9 Å². The lowest BCUT2D eigenvalue weighted by molar-refractivity contribution is 0.186. The molecule has 0 saturated carbocycles. The maximum absolute atomic E-state index is 5.18. The van der Waals surface area contributed by atoms with Crippen molar-refractivity contribution in [2.24, 2.45) is 4.99 Å². The second-order valence-electron chi connectivity index (χ2n) is 6.99. The highest BCUT2D eigenvalue weighted by Crippen LogP contribution is 2.38. The minimum atomic E-state index is 0.105. The van der Waals surface area contributed by atoms with E-state index in [1.165, 1.54) is 27.7 Å². The fourth-order valence-electron chi connectivity index (χ4n) is 3.76. The Labute approximate surface area is 175 Å². The number of aliphatic imine (C=N–C) groups is 1. The van der Waals surface area contributed by atoms with Crippen molar-refractivity contribution in [3.05, 3.63) is 65.6 Å². The normalized spacial score (nSPS) is 16.4. The number of methoxy groups -OCH3 is 1. The van der Waals surface area contributed by atoms with Gasteiger partial charge in [-0.1, -0.05) is 60.3 Å². The first-order valence-corrected chi connectivity index (χ1v) is 10.7. The van der Waals surface area contributed by atoms with E-state index >= 15 is 0 Å². The van der Waals surface area contributed by atoms with Crippen LogP contribution in [0.5, 0.6) is 0 Å². The first-order chi connectivity index (χ1) is 14.2. The van der Waals surface area contributed by atoms with Crippen molar-refractivity contribution >= 4 is 33.5 Å². The predicted octanol–water partition coefficient (Wildman–Crippen LogP) is 4.86. The number of hydrogen-bond donors (Lipinski definition) is 2. The van der Waals surface area contributed by atoms with Crippen molar-refractivity contribution in [1.29, 1.82) is 0 Å². The van der Waals surface area contributed by atoms with Crippen LogP contribution in [-0.2, 0) is 11.3 Å². The summed E-state index contributed by atoms with van der Waals surface area (Å²) in [4.78, 5) is 4.65. The third-order valence-corrected chi connectivity index (χ3v) is 5.73. The molecule has 3 aromatic rings. The SMILES string of the molecule is CCn1c(-c2ccccc2)c(C2=CSC(=N[C@@H](C)COC)NN2)c2ccccc21. The molecule has 4 rings (SSSR count). The van der Waals surface area contributed by atoms with Gasteiger partial charge in [-0.2, -0.15) is 0 Å². The summed E-state index contributed by atoms with van der Waals surface area (Å²) < 4.78 is 7.57. The first kappa shape index (κ1) is 19.6. The molecule has 0 bridgehead atoms. The minimum absolute atomic E-state index is 0.105. The molecule has 0 aliphatic carbocycles. The standard InChI is InChI=1S/C23H26N4OS/c1-4-27-20-13-9-8-12-18(20)21(22(27)17-10-6-5-7-11-17)19-15-29-23(26-25-19)24-16(2)14-28-3/h5-13,15-16,25H,4,14H2,1-3H3,(H,24,26)/t16-/m0/s1. The molecule has 0 saturated heterocycles. The zero-order valence-electron chi connectivity index (χ0n) is 17.0. The van der Waals surface area contributed by atoms with Gasteiger partial charge in [-0.15, -0.1) is 0 Å². The molecule has 29 heavy (non-hydrogen) atoms. The van der Waals surface area contributed by atoms with Crippen molar-refractivity contribution in [1.82, 2.24) is 15.4 Å². The highest BCUT2D eigenvalue weighted by atomic mass is 32.2. The number of aryl methyl sites for hydroxylation is 1. The summed E-state index contributed by atoms with van der Waals surface area (Å²) in [7, 11) is 1.70. The van der Waals surface area contributed by atoms with Crippen LogP contribution in [0.3, 0.4) is 0 Å². The van der Waals surface area contributed by atoms with Crippen molar-refractivity contribution in [2.75, 3.05) is 13.7 Å². The number of aromatic nitrogens is 1. The third kappa shape index (κ3) is 3.91. The summed E-state index contributed by atoms with van der Waals surface area (Å²) in [5.41, 5.74) is 12.6. The molecule has 0 unspecified atom stereocenters. The van der Waals surface area contributed by atoms with Gasteiger partial charge in [0.25, 0.3) is 0 Å². The molecule has 2 N–H and O–H groups in total. The van der Waals surface area contributed by atoms with Gasteiger partial charge in [0.05, 0.1) is 24.0 Å². The Morgan fingerprint density at radius 1 is 1.07 bits per heavy atom. The van der Waals surface area contributed by atoms with E-state index in [0.29, 0.717) is 6.61 Å². The lowest BCUT2D eigenvalue weighted by Crippen LogP contribution is -2.37. The number of nitrogens with one attached hydrogen (secondary N) is 2. The van der Waals surface area contributed by atoms with Gasteiger partial charge in [-0.3, -0.25) is 15.8 Å². The average Bonchev–Trinajstić information content (AvgIpc) is 3.09. The summed E-state index contributed by atoms with van der Waals surface area (Å²) in [5.74, 6) is 0. The van der Waals surface area contributed by atoms with E-state index in [0.717, 1.165) is 17.4 Å². The topological polar surface area (TPSA) is 50.6 Å². The largest absolute Gasteiger partial charge is 0.382 e. The van der Waals surface area contributed by atoms with Crippen LogP contribution >= 0.6 is 11.8 Å². The number of hydrazine groups is 1. The van der Waals surface area contributed by atoms with Crippen molar-refractivity contribution in [2.45, 2.75) is 26.4 Å². The van der Waals surface area contributed by atoms with Gasteiger partial charge in [0.15, 0.2) is 5.17 Å². The number of ether oxygens (including phenoxy) is 1. The lowest BCUT2D eigenvalue weighted by Gasteiger charge is -2.21. The first-order valence-electron chi connectivity index (χ1n) is 9.85. The van der Waals surface area contributed by atoms with Gasteiger partial charge in [-0.25, -0.2) is 0 Å². The second kappa shape index (κ2) is 8.76. The zero-order chi connectivity index (χ0) is 20.2. The van der Waals surface area contributed by atoms with E-state index < -0.39 is 0 Å². The Hall–Kier alpha value is -2.70. The van der Waals surface area contributed by atoms with Crippen LogP contribution in [0, 0.1) is 0 Å². The maximum Gasteiger partial charge on any atom is 0.180 e. The molecule has 0 amide bonds. The molecular weight excluding hydrogens is 380 g/mol. The van der Waals surface area contributed by atoms with Gasteiger partial charge >= 0.3 is 0 Å². The molecule has 1 aromatic heterocycles. The van der Waals surface area contributed by atoms with Crippen molar-refractivity contribution in [3.63, 3.8) is 0 Å². The average molecular weight is 407 g/mol. The molecule has 1 aliphatic heterocycles. The number of hydrogen-bond acceptors (Lipinski definition) is 4. The number of fused-ring (bicyclic) bond motifs is 1. The van der Waals surface area contributed by atoms with E-state index in [2.05, 4.69) is 87.3 Å². The number of amidine groups is 1. The minimum Gasteiger partial charge on any atom is -0.382 e. The van der Waals surface area contributed by atoms with E-state index in [1.807, 2.05) is 6.92 Å². The van der Waals surface area contributed by atoms with E-state index in [-0.39, 0.29) is 6.04 Å². The number of para-hydroxylation sites is 1. The van der Waals surface area contributed by atoms with E-state index in [9.17, 15) is 0 Å². The summed E-state index contributed by atoms with van der Waals surface area (Å²) in [5, 5.41) is 4.23. The van der Waals surface area contributed by atoms with Gasteiger partial charge in [-0.05, 0) is 25.5 Å². The van der Waals surface area contributed by atoms with Gasteiger partial charge in [0.1, 0.15) is 0 Å². The molecule has 6 heteroatoms. The highest BCUT2D eigenvalue weighted by molar-refractivity contribution is 8.16. The Morgan fingerprint density at radius 2 is 1.83 bits per heavy atom. The molecule has 0 spiro atoms. The number of thioether (sulfide) groups is 1. The van der Waals surface area contributed by atoms with Crippen LogP contribution in [0.2, 0.25) is 0 Å². The van der Waals surface area contributed by atoms with Gasteiger partial charge in [0.2, 0.25) is 0 Å². The Morgan fingerprint density at radius 3 is 2.52 bits per heavy atom. The number of rotatable bonds is 6. The van der Waals surface area contributed by atoms with Crippen LogP contribution in [0.15, 0.2) is 65.0 Å². The van der Waals surface area contributed by atoms with Crippen molar-refractivity contribution in [3.8, 4) is 11.3 Å². The Bertz CT molecular complexity index is 1060. The molecule has 2 heterocycles. The van der Waals surface area contributed by atoms with E-state index in [4.69, 9.17) is 4.74 Å². The Balaban J connectivity index is 1.81. The number of nitrogens with zero attached hydrogens (tertiary/aromatic N) is 2. The summed E-state index contributed by atoms with van der Waals surface area (Å²) in [6.45, 7) is 5.74. The summed E-state index contributed by atoms with van der Waals surface area (Å²) >= 11 is 1.60. The van der Waals surface area contributed by atoms with Gasteiger partial charge in [0, 0.05) is 35.5 Å². The second-order valence-corrected chi connectivity index (χ2v) is 7.85. The van der Waals surface area contributed by atoms with Crippen LogP contribution in [0.4, 0.5) is 0 Å². The molecule has 2 aromatic carbocycles. The van der Waals surface area contributed by atoms with Gasteiger partial charge < -0.3 is 9.30 Å². The summed E-state index contributed by atoms with van der Waals surface area (Å²) in [6.07, 6.45) is 0. The molecule has 0 radical (unpaired) electrons. The molecule has 1 atom stereocenters. The third-order valence-electron chi connectivity index (χ3n) is 4.94. The van der Waals surface area contributed by atoms with E-state index in [1.54, 1.807) is 18.9 Å². The Kier molecular flexibility index (Phi) is 5.92. The molecule has 5 nitrogen and oxygen atoms in total.